The predicted octanol–water partition coefficient (Wildman–Crippen LogP) is -0.637. The zero-order valence-electron chi connectivity index (χ0n) is 6.64. The smallest absolute Gasteiger partial charge is 0.250 e. The first-order valence-electron chi connectivity index (χ1n) is 3.35. The van der Waals surface area contributed by atoms with Gasteiger partial charge in [-0.15, -0.1) is 0 Å². The maximum absolute atomic E-state index is 10.7. The average Bonchev–Trinajstić information content (AvgIpc) is 1.82. The Morgan fingerprint density at radius 1 is 1.40 bits per heavy atom. The molecule has 60 valence electrons. The van der Waals surface area contributed by atoms with Gasteiger partial charge in [-0.1, -0.05) is 0 Å². The van der Waals surface area contributed by atoms with Crippen LogP contribution in [0.1, 0.15) is 20.8 Å². The summed E-state index contributed by atoms with van der Waals surface area (Å²) >= 11 is 0. The topological polar surface area (TPSA) is 67.1 Å². The van der Waals surface area contributed by atoms with Crippen LogP contribution in [-0.2, 0) is 4.79 Å². The summed E-state index contributed by atoms with van der Waals surface area (Å²) in [6.45, 7) is 5.50. The molecule has 10 heavy (non-hydrogen) atoms. The van der Waals surface area contributed by atoms with E-state index >= 15 is 0 Å². The van der Waals surface area contributed by atoms with E-state index in [9.17, 15) is 4.79 Å². The van der Waals surface area contributed by atoms with Crippen LogP contribution in [0.2, 0.25) is 0 Å². The van der Waals surface area contributed by atoms with Crippen LogP contribution in [0, 0.1) is 0 Å². The van der Waals surface area contributed by atoms with Crippen molar-refractivity contribution in [3.63, 3.8) is 0 Å². The predicted molar refractivity (Wildman–Crippen MR) is 40.1 cm³/mol. The van der Waals surface area contributed by atoms with Crippen LogP contribution in [0.5, 0.6) is 0 Å². The van der Waals surface area contributed by atoms with Crippen LogP contribution >= 0.6 is 0 Å². The molecule has 0 aromatic heterocycles. The Morgan fingerprint density at radius 2 is 1.90 bits per heavy atom. The second kappa shape index (κ2) is 4.24. The van der Waals surface area contributed by atoms with Gasteiger partial charge in [-0.05, 0) is 20.8 Å². The maximum atomic E-state index is 10.7. The fourth-order valence-electron chi connectivity index (χ4n) is 0.329. The summed E-state index contributed by atoms with van der Waals surface area (Å²) in [5, 5.41) is 0. The number of nitrogens with one attached hydrogen (secondary N) is 2. The van der Waals surface area contributed by atoms with Gasteiger partial charge in [0.05, 0.1) is 6.04 Å². The van der Waals surface area contributed by atoms with Gasteiger partial charge in [-0.3, -0.25) is 10.2 Å². The number of hydrazine groups is 1. The van der Waals surface area contributed by atoms with E-state index in [1.807, 2.05) is 13.8 Å². The lowest BCUT2D eigenvalue weighted by molar-refractivity contribution is -0.123. The van der Waals surface area contributed by atoms with Crippen LogP contribution in [-0.4, -0.2) is 18.0 Å². The molecule has 0 bridgehead atoms. The standard InChI is InChI=1S/C6H15N3O/c1-4(2)8-9-6(10)5(3)7/h4-5,8H,7H2,1-3H3,(H,9,10)/t5-/m1/s1. The van der Waals surface area contributed by atoms with Crippen molar-refractivity contribution in [1.82, 2.24) is 10.9 Å². The molecule has 0 heterocycles. The first-order chi connectivity index (χ1) is 4.54. The van der Waals surface area contributed by atoms with Crippen molar-refractivity contribution in [2.75, 3.05) is 0 Å². The van der Waals surface area contributed by atoms with Crippen LogP contribution in [0.4, 0.5) is 0 Å². The van der Waals surface area contributed by atoms with E-state index < -0.39 is 6.04 Å². The van der Waals surface area contributed by atoms with Crippen LogP contribution in [0.3, 0.4) is 0 Å². The normalized spacial score (nSPS) is 13.3. The van der Waals surface area contributed by atoms with Gasteiger partial charge in [-0.2, -0.15) is 0 Å². The second-order valence-electron chi connectivity index (χ2n) is 2.58. The third kappa shape index (κ3) is 4.29. The fraction of sp³-hybridized carbons (Fsp3) is 0.833. The number of carbonyl (C=O) groups is 1. The Kier molecular flexibility index (Phi) is 3.99. The quantitative estimate of drug-likeness (QED) is 0.463. The van der Waals surface area contributed by atoms with Gasteiger partial charge in [0.1, 0.15) is 0 Å². The van der Waals surface area contributed by atoms with Crippen molar-refractivity contribution in [3.05, 3.63) is 0 Å². The number of amides is 1. The molecule has 0 aliphatic heterocycles. The molecule has 4 nitrogen and oxygen atoms in total. The molecular weight excluding hydrogens is 130 g/mol. The molecule has 0 unspecified atom stereocenters. The molecule has 0 radical (unpaired) electrons. The van der Waals surface area contributed by atoms with Gasteiger partial charge >= 0.3 is 0 Å². The number of carbonyl (C=O) groups excluding carboxylic acids is 1. The molecule has 0 saturated heterocycles. The minimum Gasteiger partial charge on any atom is -0.320 e. The zero-order valence-corrected chi connectivity index (χ0v) is 6.64. The zero-order chi connectivity index (χ0) is 8.15. The lowest BCUT2D eigenvalue weighted by atomic mass is 10.3. The molecule has 1 atom stereocenters. The maximum Gasteiger partial charge on any atom is 0.250 e. The molecule has 0 aromatic rings. The minimum absolute atomic E-state index is 0.186. The highest BCUT2D eigenvalue weighted by molar-refractivity contribution is 5.80. The first-order valence-corrected chi connectivity index (χ1v) is 3.35. The van der Waals surface area contributed by atoms with E-state index in [4.69, 9.17) is 5.73 Å². The van der Waals surface area contributed by atoms with E-state index in [1.165, 1.54) is 0 Å². The van der Waals surface area contributed by atoms with Gasteiger partial charge in [0, 0.05) is 6.04 Å². The van der Waals surface area contributed by atoms with Crippen molar-refractivity contribution in [2.45, 2.75) is 32.9 Å². The molecule has 0 aliphatic carbocycles. The molecule has 0 rings (SSSR count). The third-order valence-corrected chi connectivity index (χ3v) is 0.898. The Morgan fingerprint density at radius 3 is 2.20 bits per heavy atom. The monoisotopic (exact) mass is 145 g/mol. The molecule has 4 N–H and O–H groups in total. The summed E-state index contributed by atoms with van der Waals surface area (Å²) in [4.78, 5) is 10.7. The third-order valence-electron chi connectivity index (χ3n) is 0.898. The highest BCUT2D eigenvalue weighted by Crippen LogP contribution is 1.74. The highest BCUT2D eigenvalue weighted by Gasteiger charge is 2.05. The highest BCUT2D eigenvalue weighted by atomic mass is 16.2. The molecule has 0 aromatic carbocycles. The number of nitrogens with two attached hydrogens (primary N) is 1. The van der Waals surface area contributed by atoms with Crippen molar-refractivity contribution >= 4 is 5.91 Å². The lowest BCUT2D eigenvalue weighted by Crippen LogP contribution is -2.48. The van der Waals surface area contributed by atoms with Gasteiger partial charge in [-0.25, -0.2) is 5.43 Å². The Bertz CT molecular complexity index is 112. The van der Waals surface area contributed by atoms with Crippen molar-refractivity contribution < 1.29 is 4.79 Å². The van der Waals surface area contributed by atoms with Gasteiger partial charge < -0.3 is 5.73 Å². The molecule has 1 amide bonds. The summed E-state index contributed by atoms with van der Waals surface area (Å²) in [6, 6.07) is -0.214. The number of hydrogen-bond donors (Lipinski definition) is 3. The second-order valence-corrected chi connectivity index (χ2v) is 2.58. The summed E-state index contributed by atoms with van der Waals surface area (Å²) in [6.07, 6.45) is 0. The number of hydrogen-bond acceptors (Lipinski definition) is 3. The summed E-state index contributed by atoms with van der Waals surface area (Å²) in [7, 11) is 0. The van der Waals surface area contributed by atoms with Crippen molar-refractivity contribution in [1.29, 1.82) is 0 Å². The summed E-state index contributed by atoms with van der Waals surface area (Å²) < 4.78 is 0. The van der Waals surface area contributed by atoms with Crippen LogP contribution in [0.15, 0.2) is 0 Å². The van der Waals surface area contributed by atoms with Gasteiger partial charge in [0.2, 0.25) is 0 Å². The molecule has 0 fully saturated rings. The Hall–Kier alpha value is -0.610. The fourth-order valence-corrected chi connectivity index (χ4v) is 0.329. The Balaban J connectivity index is 3.40. The molecule has 0 aliphatic rings. The lowest BCUT2D eigenvalue weighted by Gasteiger charge is -2.11. The van der Waals surface area contributed by atoms with Crippen molar-refractivity contribution in [2.24, 2.45) is 5.73 Å². The SMILES string of the molecule is CC(C)NNC(=O)[C@@H](C)N. The summed E-state index contributed by atoms with van der Waals surface area (Å²) in [5.41, 5.74) is 10.5. The molecule has 0 saturated carbocycles. The van der Waals surface area contributed by atoms with Crippen LogP contribution < -0.4 is 16.6 Å². The van der Waals surface area contributed by atoms with E-state index in [0.717, 1.165) is 0 Å². The van der Waals surface area contributed by atoms with E-state index in [-0.39, 0.29) is 11.9 Å². The molecular formula is C6H15N3O. The summed E-state index contributed by atoms with van der Waals surface area (Å²) in [5.74, 6) is -0.186. The minimum atomic E-state index is -0.453. The largest absolute Gasteiger partial charge is 0.320 e. The van der Waals surface area contributed by atoms with Crippen molar-refractivity contribution in [3.8, 4) is 0 Å². The Labute approximate surface area is 61.1 Å². The van der Waals surface area contributed by atoms with E-state index in [1.54, 1.807) is 6.92 Å². The average molecular weight is 145 g/mol. The molecule has 4 heteroatoms. The van der Waals surface area contributed by atoms with Gasteiger partial charge in [0.15, 0.2) is 0 Å². The van der Waals surface area contributed by atoms with E-state index in [2.05, 4.69) is 10.9 Å². The number of rotatable bonds is 3. The van der Waals surface area contributed by atoms with Gasteiger partial charge in [0.25, 0.3) is 5.91 Å². The first kappa shape index (κ1) is 9.39. The van der Waals surface area contributed by atoms with Crippen LogP contribution in [0.25, 0.3) is 0 Å². The van der Waals surface area contributed by atoms with E-state index in [0.29, 0.717) is 0 Å². The molecule has 0 spiro atoms.